The maximum atomic E-state index is 5.86. The summed E-state index contributed by atoms with van der Waals surface area (Å²) in [5, 5.41) is 0. The van der Waals surface area contributed by atoms with Crippen molar-refractivity contribution in [3.8, 4) is 5.75 Å². The summed E-state index contributed by atoms with van der Waals surface area (Å²) in [6, 6.07) is 8.61. The van der Waals surface area contributed by atoms with Crippen LogP contribution in [0.3, 0.4) is 0 Å². The van der Waals surface area contributed by atoms with E-state index in [0.717, 1.165) is 23.4 Å². The minimum absolute atomic E-state index is 0. The first-order chi connectivity index (χ1) is 11.5. The van der Waals surface area contributed by atoms with Gasteiger partial charge in [-0.05, 0) is 30.7 Å². The molecule has 0 spiro atoms. The highest BCUT2D eigenvalue weighted by atomic mass is 79.9. The van der Waals surface area contributed by atoms with E-state index in [1.54, 1.807) is 0 Å². The van der Waals surface area contributed by atoms with Crippen molar-refractivity contribution in [2.45, 2.75) is 77.7 Å². The predicted octanol–water partition coefficient (Wildman–Crippen LogP) is 3.20. The van der Waals surface area contributed by atoms with Crippen molar-refractivity contribution in [1.82, 2.24) is 0 Å². The van der Waals surface area contributed by atoms with Gasteiger partial charge in [-0.25, -0.2) is 0 Å². The van der Waals surface area contributed by atoms with Gasteiger partial charge >= 0.3 is 0 Å². The molecule has 0 heterocycles. The van der Waals surface area contributed by atoms with Crippen molar-refractivity contribution in [3.05, 3.63) is 29.8 Å². The van der Waals surface area contributed by atoms with Crippen LogP contribution in [0.4, 0.5) is 0 Å². The van der Waals surface area contributed by atoms with Gasteiger partial charge in [-0.1, -0.05) is 64.7 Å². The Hall–Kier alpha value is -0.540. The van der Waals surface area contributed by atoms with Gasteiger partial charge in [0.25, 0.3) is 0 Å². The molecule has 0 atom stereocenters. The third-order valence-electron chi connectivity index (χ3n) is 4.35. The third kappa shape index (κ3) is 14.3. The van der Waals surface area contributed by atoms with Crippen LogP contribution in [0.25, 0.3) is 0 Å². The van der Waals surface area contributed by atoms with E-state index in [2.05, 4.69) is 52.3 Å². The lowest BCUT2D eigenvalue weighted by atomic mass is 10.1. The second-order valence-electron chi connectivity index (χ2n) is 8.12. The Morgan fingerprint density at radius 1 is 0.720 bits per heavy atom. The van der Waals surface area contributed by atoms with Crippen LogP contribution in [0.5, 0.6) is 5.75 Å². The summed E-state index contributed by atoms with van der Waals surface area (Å²) >= 11 is 0. The van der Waals surface area contributed by atoms with Crippen LogP contribution in [0.1, 0.15) is 76.7 Å². The van der Waals surface area contributed by atoms with Crippen molar-refractivity contribution in [3.63, 3.8) is 0 Å². The number of quaternary nitrogens is 1. The van der Waals surface area contributed by atoms with Gasteiger partial charge in [-0.2, -0.15) is 0 Å². The number of unbranched alkanes of at least 4 members (excludes halogenated alkanes) is 9. The Kier molecular flexibility index (Phi) is 14.3. The smallest absolute Gasteiger partial charge is 0.119 e. The first-order valence-corrected chi connectivity index (χ1v) is 10.0. The Bertz CT molecular complexity index is 411. The molecule has 0 aliphatic carbocycles. The molecule has 0 saturated carbocycles. The zero-order chi connectivity index (χ0) is 17.7. The number of hydrogen-bond donors (Lipinski definition) is 0. The zero-order valence-electron chi connectivity index (χ0n) is 17.0. The van der Waals surface area contributed by atoms with Crippen molar-refractivity contribution in [2.24, 2.45) is 0 Å². The van der Waals surface area contributed by atoms with Crippen LogP contribution in [-0.4, -0.2) is 32.2 Å². The normalized spacial score (nSPS) is 11.2. The second kappa shape index (κ2) is 14.6. The Morgan fingerprint density at radius 2 is 1.20 bits per heavy atom. The zero-order valence-corrected chi connectivity index (χ0v) is 18.6. The van der Waals surface area contributed by atoms with Gasteiger partial charge < -0.3 is 26.2 Å². The van der Waals surface area contributed by atoms with Gasteiger partial charge in [0.2, 0.25) is 0 Å². The molecule has 1 rings (SSSR count). The highest BCUT2D eigenvalue weighted by molar-refractivity contribution is 5.26. The highest BCUT2D eigenvalue weighted by Gasteiger charge is 2.08. The maximum absolute atomic E-state index is 5.86. The first-order valence-electron chi connectivity index (χ1n) is 10.0. The summed E-state index contributed by atoms with van der Waals surface area (Å²) in [4.78, 5) is 0. The van der Waals surface area contributed by atoms with Crippen LogP contribution in [0.2, 0.25) is 0 Å². The number of ether oxygens (including phenoxy) is 1. The molecule has 0 fully saturated rings. The summed E-state index contributed by atoms with van der Waals surface area (Å²) in [6.07, 6.45) is 13.7. The largest absolute Gasteiger partial charge is 1.00 e. The maximum Gasteiger partial charge on any atom is 0.119 e. The van der Waals surface area contributed by atoms with E-state index in [1.165, 1.54) is 69.8 Å². The van der Waals surface area contributed by atoms with Gasteiger partial charge in [-0.15, -0.1) is 0 Å². The molecule has 2 nitrogen and oxygen atoms in total. The Morgan fingerprint density at radius 3 is 1.68 bits per heavy atom. The molecule has 1 aromatic rings. The van der Waals surface area contributed by atoms with Crippen molar-refractivity contribution in [2.75, 3.05) is 27.7 Å². The molecule has 0 bridgehead atoms. The van der Waals surface area contributed by atoms with Gasteiger partial charge in [-0.3, -0.25) is 0 Å². The van der Waals surface area contributed by atoms with Crippen LogP contribution in [0, 0.1) is 0 Å². The molecule has 0 saturated heterocycles. The van der Waals surface area contributed by atoms with E-state index in [1.807, 2.05) is 0 Å². The van der Waals surface area contributed by atoms with E-state index >= 15 is 0 Å². The number of benzene rings is 1. The van der Waals surface area contributed by atoms with Gasteiger partial charge in [0.1, 0.15) is 12.3 Å². The summed E-state index contributed by atoms with van der Waals surface area (Å²) in [5.74, 6) is 1.01. The lowest BCUT2D eigenvalue weighted by Gasteiger charge is -2.23. The van der Waals surface area contributed by atoms with Gasteiger partial charge in [0.05, 0.1) is 27.7 Å². The Balaban J connectivity index is 0.00000576. The topological polar surface area (TPSA) is 9.23 Å². The minimum Gasteiger partial charge on any atom is -1.00 e. The quantitative estimate of drug-likeness (QED) is 0.336. The van der Waals surface area contributed by atoms with E-state index in [9.17, 15) is 0 Å². The molecular formula is C22H40BrNO. The summed E-state index contributed by atoms with van der Waals surface area (Å²) in [6.45, 7) is 4.19. The molecule has 3 heteroatoms. The molecular weight excluding hydrogens is 374 g/mol. The van der Waals surface area contributed by atoms with Gasteiger partial charge in [0.15, 0.2) is 0 Å². The standard InChI is InChI=1S/C22H40NO.BrH/c1-5-6-7-8-9-10-11-12-13-14-19-24-22-17-15-21(16-18-22)20-23(2,3)4;/h15-18H,5-14,19-20H2,1-4H3;1H/q+1;/p-1. The summed E-state index contributed by atoms with van der Waals surface area (Å²) in [7, 11) is 6.65. The number of nitrogens with zero attached hydrogens (tertiary/aromatic N) is 1. The second-order valence-corrected chi connectivity index (χ2v) is 8.12. The molecule has 0 unspecified atom stereocenters. The minimum atomic E-state index is 0. The van der Waals surface area contributed by atoms with Crippen LogP contribution in [0.15, 0.2) is 24.3 Å². The molecule has 146 valence electrons. The van der Waals surface area contributed by atoms with Crippen LogP contribution in [-0.2, 0) is 6.54 Å². The van der Waals surface area contributed by atoms with Crippen molar-refractivity contribution >= 4 is 0 Å². The first kappa shape index (κ1) is 24.5. The molecule has 0 N–H and O–H groups in total. The molecule has 0 aliphatic heterocycles. The predicted molar refractivity (Wildman–Crippen MR) is 106 cm³/mol. The average Bonchev–Trinajstić information content (AvgIpc) is 2.53. The average molecular weight is 414 g/mol. The molecule has 25 heavy (non-hydrogen) atoms. The molecule has 1 aromatic carbocycles. The van der Waals surface area contributed by atoms with Crippen LogP contribution >= 0.6 is 0 Å². The fourth-order valence-corrected chi connectivity index (χ4v) is 3.02. The van der Waals surface area contributed by atoms with Gasteiger partial charge in [0, 0.05) is 5.56 Å². The van der Waals surface area contributed by atoms with E-state index < -0.39 is 0 Å². The monoisotopic (exact) mass is 413 g/mol. The summed E-state index contributed by atoms with van der Waals surface area (Å²) < 4.78 is 6.82. The highest BCUT2D eigenvalue weighted by Crippen LogP contribution is 2.15. The fourth-order valence-electron chi connectivity index (χ4n) is 3.02. The number of halogens is 1. The van der Waals surface area contributed by atoms with E-state index in [0.29, 0.717) is 0 Å². The van der Waals surface area contributed by atoms with E-state index in [4.69, 9.17) is 4.74 Å². The molecule has 0 aromatic heterocycles. The third-order valence-corrected chi connectivity index (χ3v) is 4.35. The molecule has 0 amide bonds. The van der Waals surface area contributed by atoms with Crippen LogP contribution < -0.4 is 21.7 Å². The Labute approximate surface area is 167 Å². The number of hydrogen-bond acceptors (Lipinski definition) is 1. The van der Waals surface area contributed by atoms with Crippen molar-refractivity contribution in [1.29, 1.82) is 0 Å². The molecule has 0 radical (unpaired) electrons. The SMILES string of the molecule is CCCCCCCCCCCCOc1ccc(C[N+](C)(C)C)cc1.[Br-]. The fraction of sp³-hybridized carbons (Fsp3) is 0.727. The lowest BCUT2D eigenvalue weighted by Crippen LogP contribution is -3.00. The molecule has 0 aliphatic rings. The summed E-state index contributed by atoms with van der Waals surface area (Å²) in [5.41, 5.74) is 1.37. The van der Waals surface area contributed by atoms with E-state index in [-0.39, 0.29) is 17.0 Å². The lowest BCUT2D eigenvalue weighted by molar-refractivity contribution is -0.884. The number of rotatable bonds is 14. The van der Waals surface area contributed by atoms with Crippen molar-refractivity contribution < 1.29 is 26.2 Å².